The molecule has 0 aromatic heterocycles. The number of oxime groups is 1. The highest BCUT2D eigenvalue weighted by atomic mass is 32.2. The van der Waals surface area contributed by atoms with Gasteiger partial charge < -0.3 is 9.39 Å². The molecule has 0 fully saturated rings. The SMILES string of the molecule is Cc1ccc(C2=NOCC2)c(CS(=O)O)c1. The van der Waals surface area contributed by atoms with E-state index in [1.54, 1.807) is 0 Å². The molecule has 1 heterocycles. The molecule has 1 aliphatic rings. The Morgan fingerprint density at radius 2 is 2.38 bits per heavy atom. The predicted octanol–water partition coefficient (Wildman–Crippen LogP) is 1.84. The smallest absolute Gasteiger partial charge is 0.157 e. The zero-order chi connectivity index (χ0) is 11.5. The molecule has 0 radical (unpaired) electrons. The fourth-order valence-electron chi connectivity index (χ4n) is 1.75. The first kappa shape index (κ1) is 11.3. The Bertz CT molecular complexity index is 457. The Morgan fingerprint density at radius 1 is 1.56 bits per heavy atom. The Balaban J connectivity index is 2.39. The van der Waals surface area contributed by atoms with E-state index in [0.29, 0.717) is 6.61 Å². The van der Waals surface area contributed by atoms with E-state index in [1.807, 2.05) is 25.1 Å². The van der Waals surface area contributed by atoms with Gasteiger partial charge in [-0.3, -0.25) is 0 Å². The summed E-state index contributed by atoms with van der Waals surface area (Å²) >= 11 is -1.83. The molecule has 0 saturated heterocycles. The highest BCUT2D eigenvalue weighted by molar-refractivity contribution is 7.78. The molecule has 0 bridgehead atoms. The topological polar surface area (TPSA) is 58.9 Å². The van der Waals surface area contributed by atoms with Crippen molar-refractivity contribution in [3.63, 3.8) is 0 Å². The van der Waals surface area contributed by atoms with Crippen LogP contribution in [0, 0.1) is 6.92 Å². The Labute approximate surface area is 96.6 Å². The fourth-order valence-corrected chi connectivity index (χ4v) is 2.26. The molecule has 4 nitrogen and oxygen atoms in total. The maximum atomic E-state index is 10.9. The molecule has 0 amide bonds. The molecule has 1 atom stereocenters. The van der Waals surface area contributed by atoms with Crippen molar-refractivity contribution in [2.45, 2.75) is 19.1 Å². The lowest BCUT2D eigenvalue weighted by atomic mass is 10.0. The summed E-state index contributed by atoms with van der Waals surface area (Å²) in [7, 11) is 0. The van der Waals surface area contributed by atoms with Gasteiger partial charge in [-0.2, -0.15) is 0 Å². The standard InChI is InChI=1S/C11H13NO3S/c1-8-2-3-10(11-4-5-15-12-11)9(6-8)7-16(13)14/h2-3,6H,4-5,7H2,1H3,(H,13,14). The van der Waals surface area contributed by atoms with Crippen molar-refractivity contribution < 1.29 is 13.6 Å². The number of rotatable bonds is 3. The third-order valence-corrected chi connectivity index (χ3v) is 3.01. The molecule has 1 aromatic carbocycles. The molecule has 1 aliphatic heterocycles. The first-order valence-corrected chi connectivity index (χ1v) is 6.30. The Morgan fingerprint density at radius 3 is 3.00 bits per heavy atom. The number of hydrogen-bond donors (Lipinski definition) is 1. The van der Waals surface area contributed by atoms with Crippen molar-refractivity contribution >= 4 is 16.8 Å². The van der Waals surface area contributed by atoms with E-state index in [2.05, 4.69) is 5.16 Å². The van der Waals surface area contributed by atoms with Crippen molar-refractivity contribution in [1.29, 1.82) is 0 Å². The van der Waals surface area contributed by atoms with Gasteiger partial charge in [-0.1, -0.05) is 28.9 Å². The first-order chi connectivity index (χ1) is 7.66. The van der Waals surface area contributed by atoms with Crippen LogP contribution >= 0.6 is 0 Å². The van der Waals surface area contributed by atoms with Crippen LogP contribution in [0.4, 0.5) is 0 Å². The number of aryl methyl sites for hydroxylation is 1. The second kappa shape index (κ2) is 4.76. The average molecular weight is 239 g/mol. The predicted molar refractivity (Wildman–Crippen MR) is 62.8 cm³/mol. The normalized spacial score (nSPS) is 16.8. The summed E-state index contributed by atoms with van der Waals surface area (Å²) in [6.07, 6.45) is 0.758. The average Bonchev–Trinajstić information content (AvgIpc) is 2.69. The molecule has 16 heavy (non-hydrogen) atoms. The van der Waals surface area contributed by atoms with Crippen LogP contribution in [-0.4, -0.2) is 21.1 Å². The monoisotopic (exact) mass is 239 g/mol. The van der Waals surface area contributed by atoms with Crippen LogP contribution < -0.4 is 0 Å². The zero-order valence-electron chi connectivity index (χ0n) is 8.97. The van der Waals surface area contributed by atoms with E-state index in [9.17, 15) is 4.21 Å². The maximum absolute atomic E-state index is 10.9. The van der Waals surface area contributed by atoms with E-state index in [4.69, 9.17) is 9.39 Å². The van der Waals surface area contributed by atoms with E-state index in [-0.39, 0.29) is 5.75 Å². The molecular weight excluding hydrogens is 226 g/mol. The van der Waals surface area contributed by atoms with Crippen LogP contribution in [0.15, 0.2) is 23.4 Å². The van der Waals surface area contributed by atoms with Gasteiger partial charge in [0.2, 0.25) is 0 Å². The molecular formula is C11H13NO3S. The minimum atomic E-state index is -1.83. The van der Waals surface area contributed by atoms with Gasteiger partial charge in [-0.15, -0.1) is 0 Å². The van der Waals surface area contributed by atoms with E-state index in [0.717, 1.165) is 28.8 Å². The fraction of sp³-hybridized carbons (Fsp3) is 0.364. The van der Waals surface area contributed by atoms with Gasteiger partial charge in [0.15, 0.2) is 11.1 Å². The molecule has 1 unspecified atom stereocenters. The molecule has 1 N–H and O–H groups in total. The van der Waals surface area contributed by atoms with E-state index >= 15 is 0 Å². The maximum Gasteiger partial charge on any atom is 0.157 e. The second-order valence-electron chi connectivity index (χ2n) is 3.75. The van der Waals surface area contributed by atoms with Crippen molar-refractivity contribution in [2.24, 2.45) is 5.16 Å². The summed E-state index contributed by atoms with van der Waals surface area (Å²) in [5, 5.41) is 3.94. The summed E-state index contributed by atoms with van der Waals surface area (Å²) in [4.78, 5) is 4.95. The summed E-state index contributed by atoms with van der Waals surface area (Å²) < 4.78 is 19.9. The van der Waals surface area contributed by atoms with Crippen molar-refractivity contribution in [3.8, 4) is 0 Å². The quantitative estimate of drug-likeness (QED) is 0.819. The molecule has 5 heteroatoms. The molecule has 0 aliphatic carbocycles. The number of hydrogen-bond acceptors (Lipinski definition) is 3. The van der Waals surface area contributed by atoms with E-state index < -0.39 is 11.1 Å². The van der Waals surface area contributed by atoms with Crippen LogP contribution in [0.3, 0.4) is 0 Å². The lowest BCUT2D eigenvalue weighted by molar-refractivity contribution is 0.174. The van der Waals surface area contributed by atoms with E-state index in [1.165, 1.54) is 0 Å². The van der Waals surface area contributed by atoms with Crippen molar-refractivity contribution in [1.82, 2.24) is 0 Å². The minimum absolute atomic E-state index is 0.135. The number of benzene rings is 1. The minimum Gasteiger partial charge on any atom is -0.395 e. The van der Waals surface area contributed by atoms with Gasteiger partial charge in [0, 0.05) is 12.0 Å². The molecule has 86 valence electrons. The molecule has 0 saturated carbocycles. The van der Waals surface area contributed by atoms with Crippen molar-refractivity contribution in [3.05, 3.63) is 34.9 Å². The first-order valence-electron chi connectivity index (χ1n) is 5.03. The van der Waals surface area contributed by atoms with Gasteiger partial charge in [-0.25, -0.2) is 4.21 Å². The second-order valence-corrected chi connectivity index (χ2v) is 4.68. The molecule has 0 spiro atoms. The molecule has 2 rings (SSSR count). The Kier molecular flexibility index (Phi) is 3.36. The number of nitrogens with zero attached hydrogens (tertiary/aromatic N) is 1. The summed E-state index contributed by atoms with van der Waals surface area (Å²) in [6, 6.07) is 5.83. The van der Waals surface area contributed by atoms with Crippen LogP contribution in [0.5, 0.6) is 0 Å². The largest absolute Gasteiger partial charge is 0.395 e. The zero-order valence-corrected chi connectivity index (χ0v) is 9.79. The van der Waals surface area contributed by atoms with Crippen LogP contribution in [-0.2, 0) is 21.7 Å². The van der Waals surface area contributed by atoms with Gasteiger partial charge in [-0.05, 0) is 12.5 Å². The van der Waals surface area contributed by atoms with Gasteiger partial charge >= 0.3 is 0 Å². The lowest BCUT2D eigenvalue weighted by Gasteiger charge is -2.07. The summed E-state index contributed by atoms with van der Waals surface area (Å²) in [5.74, 6) is 0.135. The molecule has 1 aromatic rings. The van der Waals surface area contributed by atoms with Gasteiger partial charge in [0.25, 0.3) is 0 Å². The van der Waals surface area contributed by atoms with Gasteiger partial charge in [0.1, 0.15) is 6.61 Å². The highest BCUT2D eigenvalue weighted by Crippen LogP contribution is 2.18. The third kappa shape index (κ3) is 2.48. The lowest BCUT2D eigenvalue weighted by Crippen LogP contribution is -2.05. The van der Waals surface area contributed by atoms with Gasteiger partial charge in [0.05, 0.1) is 11.5 Å². The summed E-state index contributed by atoms with van der Waals surface area (Å²) in [6.45, 7) is 2.55. The highest BCUT2D eigenvalue weighted by Gasteiger charge is 2.15. The Hall–Kier alpha value is -1.20. The van der Waals surface area contributed by atoms with Crippen LogP contribution in [0.25, 0.3) is 0 Å². The van der Waals surface area contributed by atoms with Crippen molar-refractivity contribution in [2.75, 3.05) is 6.61 Å². The third-order valence-electron chi connectivity index (χ3n) is 2.46. The van der Waals surface area contributed by atoms with Crippen LogP contribution in [0.2, 0.25) is 0 Å². The summed E-state index contributed by atoms with van der Waals surface area (Å²) in [5.41, 5.74) is 3.71. The van der Waals surface area contributed by atoms with Crippen LogP contribution in [0.1, 0.15) is 23.1 Å².